The molecule has 1 unspecified atom stereocenters. The average Bonchev–Trinajstić information content (AvgIpc) is 2.62. The zero-order chi connectivity index (χ0) is 16.8. The molecular formula is C21H27NO2. The van der Waals surface area contributed by atoms with Crippen LogP contribution in [-0.4, -0.2) is 31.6 Å². The molecule has 3 rings (SSSR count). The number of ether oxygens (including phenoxy) is 2. The predicted molar refractivity (Wildman–Crippen MR) is 98.1 cm³/mol. The molecule has 3 nitrogen and oxygen atoms in total. The van der Waals surface area contributed by atoms with Crippen molar-refractivity contribution in [3.63, 3.8) is 0 Å². The molecule has 128 valence electrons. The summed E-state index contributed by atoms with van der Waals surface area (Å²) in [5.74, 6) is 2.38. The van der Waals surface area contributed by atoms with Crippen LogP contribution in [-0.2, 0) is 6.42 Å². The maximum absolute atomic E-state index is 6.02. The molecular weight excluding hydrogens is 298 g/mol. The molecule has 2 aromatic rings. The number of aryl methyl sites for hydroxylation is 1. The molecule has 1 fully saturated rings. The Morgan fingerprint density at radius 2 is 1.88 bits per heavy atom. The van der Waals surface area contributed by atoms with Crippen molar-refractivity contribution in [2.45, 2.75) is 38.1 Å². The van der Waals surface area contributed by atoms with E-state index in [1.807, 2.05) is 30.3 Å². The Morgan fingerprint density at radius 1 is 1.04 bits per heavy atom. The van der Waals surface area contributed by atoms with E-state index in [-0.39, 0.29) is 0 Å². The van der Waals surface area contributed by atoms with Crippen molar-refractivity contribution in [2.75, 3.05) is 20.7 Å². The van der Waals surface area contributed by atoms with Crippen molar-refractivity contribution in [3.05, 3.63) is 54.1 Å². The smallest absolute Gasteiger partial charge is 0.169 e. The van der Waals surface area contributed by atoms with Crippen molar-refractivity contribution in [1.29, 1.82) is 0 Å². The number of piperidine rings is 1. The molecule has 2 aromatic carbocycles. The predicted octanol–water partition coefficient (Wildman–Crippen LogP) is 4.90. The third-order valence-corrected chi connectivity index (χ3v) is 4.88. The van der Waals surface area contributed by atoms with E-state index < -0.39 is 0 Å². The third-order valence-electron chi connectivity index (χ3n) is 4.88. The van der Waals surface area contributed by atoms with Crippen molar-refractivity contribution in [3.8, 4) is 17.2 Å². The van der Waals surface area contributed by atoms with Gasteiger partial charge in [0.25, 0.3) is 0 Å². The second-order valence-corrected chi connectivity index (χ2v) is 6.57. The van der Waals surface area contributed by atoms with Crippen LogP contribution in [0.25, 0.3) is 0 Å². The zero-order valence-electron chi connectivity index (χ0n) is 14.7. The highest BCUT2D eigenvalue weighted by molar-refractivity contribution is 5.43. The van der Waals surface area contributed by atoms with E-state index in [0.29, 0.717) is 0 Å². The maximum atomic E-state index is 6.02. The number of methoxy groups -OCH3 is 1. The Morgan fingerprint density at radius 3 is 2.67 bits per heavy atom. The van der Waals surface area contributed by atoms with E-state index in [2.05, 4.69) is 30.1 Å². The fourth-order valence-electron chi connectivity index (χ4n) is 3.44. The van der Waals surface area contributed by atoms with Crippen LogP contribution in [0.2, 0.25) is 0 Å². The Kier molecular flexibility index (Phi) is 5.76. The van der Waals surface area contributed by atoms with Crippen LogP contribution in [0, 0.1) is 0 Å². The zero-order valence-corrected chi connectivity index (χ0v) is 14.7. The SMILES string of the molecule is COc1ccccc1Oc1cccc(CCC2CCCCN2C)c1. The van der Waals surface area contributed by atoms with E-state index in [0.717, 1.165) is 29.7 Å². The van der Waals surface area contributed by atoms with Gasteiger partial charge in [-0.15, -0.1) is 0 Å². The summed E-state index contributed by atoms with van der Waals surface area (Å²) in [5.41, 5.74) is 1.33. The number of hydrogen-bond donors (Lipinski definition) is 0. The minimum absolute atomic E-state index is 0.720. The number of nitrogens with zero attached hydrogens (tertiary/aromatic N) is 1. The molecule has 1 saturated heterocycles. The first-order chi connectivity index (χ1) is 11.8. The largest absolute Gasteiger partial charge is 0.493 e. The van der Waals surface area contributed by atoms with E-state index in [9.17, 15) is 0 Å². The van der Waals surface area contributed by atoms with Gasteiger partial charge in [-0.05, 0) is 69.1 Å². The highest BCUT2D eigenvalue weighted by atomic mass is 16.5. The summed E-state index contributed by atoms with van der Waals surface area (Å²) >= 11 is 0. The third kappa shape index (κ3) is 4.30. The van der Waals surface area contributed by atoms with Gasteiger partial charge in [0.2, 0.25) is 0 Å². The van der Waals surface area contributed by atoms with Gasteiger partial charge < -0.3 is 14.4 Å². The summed E-state index contributed by atoms with van der Waals surface area (Å²) in [5, 5.41) is 0. The Bertz CT molecular complexity index is 656. The molecule has 1 heterocycles. The monoisotopic (exact) mass is 325 g/mol. The van der Waals surface area contributed by atoms with Crippen LogP contribution < -0.4 is 9.47 Å². The Labute approximate surface area is 145 Å². The fourth-order valence-corrected chi connectivity index (χ4v) is 3.44. The first-order valence-electron chi connectivity index (χ1n) is 8.86. The standard InChI is InChI=1S/C21H27NO2/c1-22-15-6-5-9-18(22)14-13-17-8-7-10-19(16-17)24-21-12-4-3-11-20(21)23-2/h3-4,7-8,10-12,16,18H,5-6,9,13-15H2,1-2H3. The average molecular weight is 325 g/mol. The van der Waals surface area contributed by atoms with E-state index in [4.69, 9.17) is 9.47 Å². The molecule has 24 heavy (non-hydrogen) atoms. The molecule has 0 amide bonds. The molecule has 0 aliphatic carbocycles. The second kappa shape index (κ2) is 8.20. The van der Waals surface area contributed by atoms with Gasteiger partial charge >= 0.3 is 0 Å². The summed E-state index contributed by atoms with van der Waals surface area (Å²) in [6.07, 6.45) is 6.35. The van der Waals surface area contributed by atoms with Crippen molar-refractivity contribution in [2.24, 2.45) is 0 Å². The van der Waals surface area contributed by atoms with Crippen LogP contribution in [0.5, 0.6) is 17.2 Å². The maximum Gasteiger partial charge on any atom is 0.169 e. The van der Waals surface area contributed by atoms with Gasteiger partial charge in [0.15, 0.2) is 11.5 Å². The van der Waals surface area contributed by atoms with Gasteiger partial charge in [-0.25, -0.2) is 0 Å². The molecule has 0 saturated carbocycles. The minimum Gasteiger partial charge on any atom is -0.493 e. The number of rotatable bonds is 6. The van der Waals surface area contributed by atoms with Gasteiger partial charge in [-0.1, -0.05) is 30.7 Å². The molecule has 1 aliphatic rings. The van der Waals surface area contributed by atoms with Crippen LogP contribution in [0.4, 0.5) is 0 Å². The van der Waals surface area contributed by atoms with Gasteiger partial charge in [0.1, 0.15) is 5.75 Å². The summed E-state index contributed by atoms with van der Waals surface area (Å²) in [6, 6.07) is 16.9. The van der Waals surface area contributed by atoms with Crippen LogP contribution >= 0.6 is 0 Å². The lowest BCUT2D eigenvalue weighted by molar-refractivity contribution is 0.176. The van der Waals surface area contributed by atoms with E-state index >= 15 is 0 Å². The van der Waals surface area contributed by atoms with E-state index in [1.165, 1.54) is 37.8 Å². The molecule has 0 N–H and O–H groups in total. The molecule has 0 bridgehead atoms. The molecule has 1 atom stereocenters. The summed E-state index contributed by atoms with van der Waals surface area (Å²) in [4.78, 5) is 2.51. The van der Waals surface area contributed by atoms with Crippen LogP contribution in [0.3, 0.4) is 0 Å². The first-order valence-corrected chi connectivity index (χ1v) is 8.86. The summed E-state index contributed by atoms with van der Waals surface area (Å²) in [7, 11) is 3.92. The topological polar surface area (TPSA) is 21.7 Å². The second-order valence-electron chi connectivity index (χ2n) is 6.57. The van der Waals surface area contributed by atoms with Gasteiger partial charge in [-0.3, -0.25) is 0 Å². The van der Waals surface area contributed by atoms with Crippen LogP contribution in [0.15, 0.2) is 48.5 Å². The van der Waals surface area contributed by atoms with Gasteiger partial charge in [0, 0.05) is 6.04 Å². The molecule has 0 aromatic heterocycles. The highest BCUT2D eigenvalue weighted by Gasteiger charge is 2.18. The Hall–Kier alpha value is -2.00. The number of hydrogen-bond acceptors (Lipinski definition) is 3. The van der Waals surface area contributed by atoms with Crippen LogP contribution in [0.1, 0.15) is 31.2 Å². The summed E-state index contributed by atoms with van der Waals surface area (Å²) in [6.45, 7) is 1.24. The molecule has 0 spiro atoms. The van der Waals surface area contributed by atoms with Gasteiger partial charge in [-0.2, -0.15) is 0 Å². The molecule has 3 heteroatoms. The highest BCUT2D eigenvalue weighted by Crippen LogP contribution is 2.31. The van der Waals surface area contributed by atoms with Crippen molar-refractivity contribution in [1.82, 2.24) is 4.90 Å². The summed E-state index contributed by atoms with van der Waals surface area (Å²) < 4.78 is 11.4. The van der Waals surface area contributed by atoms with Gasteiger partial charge in [0.05, 0.1) is 7.11 Å². The minimum atomic E-state index is 0.720. The van der Waals surface area contributed by atoms with E-state index in [1.54, 1.807) is 7.11 Å². The lowest BCUT2D eigenvalue weighted by atomic mass is 9.96. The first kappa shape index (κ1) is 16.8. The lowest BCUT2D eigenvalue weighted by Gasteiger charge is -2.32. The van der Waals surface area contributed by atoms with Crippen molar-refractivity contribution < 1.29 is 9.47 Å². The number of para-hydroxylation sites is 2. The Balaban J connectivity index is 1.63. The number of likely N-dealkylation sites (tertiary alicyclic amines) is 1. The lowest BCUT2D eigenvalue weighted by Crippen LogP contribution is -2.36. The fraction of sp³-hybridized carbons (Fsp3) is 0.429. The molecule has 1 aliphatic heterocycles. The van der Waals surface area contributed by atoms with Crippen molar-refractivity contribution >= 4 is 0 Å². The molecule has 0 radical (unpaired) electrons. The number of benzene rings is 2. The quantitative estimate of drug-likeness (QED) is 0.753. The normalized spacial score (nSPS) is 18.3.